The van der Waals surface area contributed by atoms with Gasteiger partial charge in [0.15, 0.2) is 7.85 Å². The number of aliphatic hydroxyl groups excluding tert-OH is 1. The van der Waals surface area contributed by atoms with Crippen molar-refractivity contribution < 1.29 is 19.4 Å². The first-order valence-corrected chi connectivity index (χ1v) is 9.81. The van der Waals surface area contributed by atoms with E-state index in [4.69, 9.17) is 17.7 Å². The molecule has 2 radical (unpaired) electrons. The van der Waals surface area contributed by atoms with Gasteiger partial charge in [-0.1, -0.05) is 6.07 Å². The van der Waals surface area contributed by atoms with Crippen LogP contribution in [0, 0.1) is 0 Å². The summed E-state index contributed by atoms with van der Waals surface area (Å²) in [6.07, 6.45) is 2.56. The minimum absolute atomic E-state index is 0.133. The molecular weight excluding hydrogens is 391 g/mol. The zero-order chi connectivity index (χ0) is 20.8. The second-order valence-corrected chi connectivity index (χ2v) is 7.50. The molecular formula is C19H21BN4O4S. The van der Waals surface area contributed by atoms with Crippen LogP contribution in [0.1, 0.15) is 0 Å². The first kappa shape index (κ1) is 21.0. The summed E-state index contributed by atoms with van der Waals surface area (Å²) in [5.41, 5.74) is -0.595. The molecule has 1 aliphatic rings. The minimum Gasteiger partial charge on any atom is -0.524 e. The Kier molecular flexibility index (Phi) is 7.00. The van der Waals surface area contributed by atoms with Crippen LogP contribution in [-0.2, 0) is 9.59 Å². The fourth-order valence-corrected chi connectivity index (χ4v) is 4.06. The SMILES string of the molecule is [B]/C(O)=C/C(=O)NCC(=O)N1CCN(Sc2cccc3c(OC)nccc23)CC1. The van der Waals surface area contributed by atoms with Crippen LogP contribution in [0.4, 0.5) is 0 Å². The lowest BCUT2D eigenvalue weighted by atomic mass is 10.1. The van der Waals surface area contributed by atoms with E-state index >= 15 is 0 Å². The largest absolute Gasteiger partial charge is 0.524 e. The zero-order valence-electron chi connectivity index (χ0n) is 16.0. The Bertz CT molecular complexity index is 928. The van der Waals surface area contributed by atoms with Gasteiger partial charge in [0, 0.05) is 59.8 Å². The van der Waals surface area contributed by atoms with Gasteiger partial charge in [-0.15, -0.1) is 0 Å². The van der Waals surface area contributed by atoms with Gasteiger partial charge in [-0.25, -0.2) is 9.29 Å². The second kappa shape index (κ2) is 9.66. The quantitative estimate of drug-likeness (QED) is 0.317. The minimum atomic E-state index is -0.603. The molecule has 0 saturated carbocycles. The van der Waals surface area contributed by atoms with E-state index < -0.39 is 11.6 Å². The molecule has 1 aromatic carbocycles. The highest BCUT2D eigenvalue weighted by atomic mass is 32.2. The van der Waals surface area contributed by atoms with Crippen LogP contribution in [0.25, 0.3) is 10.8 Å². The highest BCUT2D eigenvalue weighted by Crippen LogP contribution is 2.33. The smallest absolute Gasteiger partial charge is 0.246 e. The van der Waals surface area contributed by atoms with Gasteiger partial charge in [0.25, 0.3) is 0 Å². The Morgan fingerprint density at radius 3 is 2.72 bits per heavy atom. The molecule has 2 N–H and O–H groups in total. The third-order valence-electron chi connectivity index (χ3n) is 4.43. The van der Waals surface area contributed by atoms with Crippen molar-refractivity contribution >= 4 is 42.4 Å². The lowest BCUT2D eigenvalue weighted by molar-refractivity contribution is -0.133. The van der Waals surface area contributed by atoms with Crippen molar-refractivity contribution in [2.75, 3.05) is 39.8 Å². The standard InChI is InChI=1S/C19H21BN4O4S/c1-28-19-14-3-2-4-15(13(14)5-6-21-19)29-24-9-7-23(8-10-24)18(27)12-22-17(26)11-16(20)25/h2-6,11,25H,7-10,12H2,1H3,(H,22,26)/b16-11-. The summed E-state index contributed by atoms with van der Waals surface area (Å²) in [6.45, 7) is 2.40. The number of benzene rings is 1. The number of hydrogen-bond donors (Lipinski definition) is 2. The molecule has 1 aliphatic heterocycles. The maximum atomic E-state index is 12.2. The molecule has 8 nitrogen and oxygen atoms in total. The summed E-state index contributed by atoms with van der Waals surface area (Å²) >= 11 is 1.64. The Labute approximate surface area is 174 Å². The molecule has 10 heteroatoms. The number of rotatable bonds is 6. The van der Waals surface area contributed by atoms with Crippen LogP contribution in [-0.4, -0.2) is 78.8 Å². The number of piperazine rings is 1. The van der Waals surface area contributed by atoms with E-state index in [1.807, 2.05) is 18.2 Å². The van der Waals surface area contributed by atoms with Gasteiger partial charge in [0.05, 0.1) is 13.7 Å². The molecule has 1 saturated heterocycles. The van der Waals surface area contributed by atoms with E-state index in [-0.39, 0.29) is 12.5 Å². The molecule has 2 heterocycles. The van der Waals surface area contributed by atoms with E-state index in [1.165, 1.54) is 0 Å². The van der Waals surface area contributed by atoms with Crippen molar-refractivity contribution in [3.05, 3.63) is 42.2 Å². The third-order valence-corrected chi connectivity index (χ3v) is 5.61. The van der Waals surface area contributed by atoms with Crippen LogP contribution in [0.3, 0.4) is 0 Å². The summed E-state index contributed by atoms with van der Waals surface area (Å²) in [5.74, 6) is -0.178. The van der Waals surface area contributed by atoms with Crippen molar-refractivity contribution in [1.29, 1.82) is 0 Å². The van der Waals surface area contributed by atoms with Crippen LogP contribution in [0.15, 0.2) is 47.1 Å². The van der Waals surface area contributed by atoms with Gasteiger partial charge in [0.2, 0.25) is 17.7 Å². The number of pyridine rings is 1. The molecule has 1 fully saturated rings. The number of methoxy groups -OCH3 is 1. The molecule has 1 aromatic heterocycles. The molecule has 0 bridgehead atoms. The second-order valence-electron chi connectivity index (χ2n) is 6.36. The molecule has 2 aromatic rings. The highest BCUT2D eigenvalue weighted by molar-refractivity contribution is 7.97. The first-order valence-electron chi connectivity index (χ1n) is 9.04. The number of carbonyl (C=O) groups excluding carboxylic acids is 2. The van der Waals surface area contributed by atoms with Gasteiger partial charge < -0.3 is 20.1 Å². The molecule has 0 unspecified atom stereocenters. The number of aromatic nitrogens is 1. The van der Waals surface area contributed by atoms with Crippen molar-refractivity contribution in [1.82, 2.24) is 19.5 Å². The predicted octanol–water partition coefficient (Wildman–Crippen LogP) is 1.08. The van der Waals surface area contributed by atoms with Crippen molar-refractivity contribution in [3.63, 3.8) is 0 Å². The number of fused-ring (bicyclic) bond motifs is 1. The summed E-state index contributed by atoms with van der Waals surface area (Å²) in [4.78, 5) is 30.7. The topological polar surface area (TPSA) is 95.0 Å². The molecule has 29 heavy (non-hydrogen) atoms. The summed E-state index contributed by atoms with van der Waals surface area (Å²) in [6, 6.07) is 7.98. The van der Waals surface area contributed by atoms with Crippen LogP contribution >= 0.6 is 11.9 Å². The van der Waals surface area contributed by atoms with E-state index in [2.05, 4.69) is 20.7 Å². The van der Waals surface area contributed by atoms with Gasteiger partial charge >= 0.3 is 0 Å². The zero-order valence-corrected chi connectivity index (χ0v) is 16.8. The molecule has 0 atom stereocenters. The fraction of sp³-hybridized carbons (Fsp3) is 0.316. The number of nitrogens with one attached hydrogen (secondary N) is 1. The van der Waals surface area contributed by atoms with Gasteiger partial charge in [-0.3, -0.25) is 9.59 Å². The van der Waals surface area contributed by atoms with Crippen molar-refractivity contribution in [2.45, 2.75) is 4.90 Å². The van der Waals surface area contributed by atoms with Crippen molar-refractivity contribution in [2.24, 2.45) is 0 Å². The Morgan fingerprint density at radius 1 is 1.28 bits per heavy atom. The predicted molar refractivity (Wildman–Crippen MR) is 112 cm³/mol. The molecule has 3 rings (SSSR count). The highest BCUT2D eigenvalue weighted by Gasteiger charge is 2.22. The lowest BCUT2D eigenvalue weighted by Gasteiger charge is -2.34. The molecule has 150 valence electrons. The van der Waals surface area contributed by atoms with E-state index in [1.54, 1.807) is 30.2 Å². The maximum Gasteiger partial charge on any atom is 0.246 e. The van der Waals surface area contributed by atoms with Crippen LogP contribution < -0.4 is 10.1 Å². The number of carbonyl (C=O) groups is 2. The number of amides is 2. The normalized spacial score (nSPS) is 15.3. The molecule has 0 aliphatic carbocycles. The monoisotopic (exact) mass is 412 g/mol. The Balaban J connectivity index is 1.55. The Morgan fingerprint density at radius 2 is 2.03 bits per heavy atom. The lowest BCUT2D eigenvalue weighted by Crippen LogP contribution is -2.49. The molecule has 2 amide bonds. The average molecular weight is 412 g/mol. The number of nitrogens with zero attached hydrogens (tertiary/aromatic N) is 3. The number of ether oxygens (including phenoxy) is 1. The summed E-state index contributed by atoms with van der Waals surface area (Å²) < 4.78 is 7.55. The fourth-order valence-electron chi connectivity index (χ4n) is 3.02. The number of hydrogen-bond acceptors (Lipinski definition) is 7. The van der Waals surface area contributed by atoms with Crippen molar-refractivity contribution in [3.8, 4) is 5.88 Å². The van der Waals surface area contributed by atoms with Crippen LogP contribution in [0.5, 0.6) is 5.88 Å². The van der Waals surface area contributed by atoms with E-state index in [0.717, 1.165) is 21.7 Å². The third kappa shape index (κ3) is 5.42. The summed E-state index contributed by atoms with van der Waals surface area (Å²) in [7, 11) is 6.62. The maximum absolute atomic E-state index is 12.2. The van der Waals surface area contributed by atoms with Gasteiger partial charge in [-0.05, 0) is 30.1 Å². The van der Waals surface area contributed by atoms with Gasteiger partial charge in [-0.2, -0.15) is 0 Å². The number of aliphatic hydroxyl groups is 1. The van der Waals surface area contributed by atoms with Crippen LogP contribution in [0.2, 0.25) is 0 Å². The first-order chi connectivity index (χ1) is 14.0. The Hall–Kier alpha value is -2.72. The van der Waals surface area contributed by atoms with E-state index in [9.17, 15) is 9.59 Å². The van der Waals surface area contributed by atoms with E-state index in [0.29, 0.717) is 32.1 Å². The summed E-state index contributed by atoms with van der Waals surface area (Å²) in [5, 5.41) is 13.3. The van der Waals surface area contributed by atoms with Gasteiger partial charge in [0.1, 0.15) is 0 Å². The molecule has 0 spiro atoms. The average Bonchev–Trinajstić information content (AvgIpc) is 2.72.